The van der Waals surface area contributed by atoms with Crippen LogP contribution in [-0.2, 0) is 5.33 Å². The number of methoxy groups -OCH3 is 1. The van der Waals surface area contributed by atoms with Gasteiger partial charge in [-0.3, -0.25) is 0 Å². The zero-order chi connectivity index (χ0) is 11.5. The average molecular weight is 282 g/mol. The minimum absolute atomic E-state index is 0.740. The molecule has 2 rings (SSSR count). The third kappa shape index (κ3) is 1.97. The standard InChI is InChI=1S/C12H12BrNO2/c1-8-11(7-13)12(14-16-8)9-3-5-10(15-2)6-4-9/h3-6H,7H2,1-2H3. The third-order valence-corrected chi connectivity index (χ3v) is 3.04. The highest BCUT2D eigenvalue weighted by molar-refractivity contribution is 9.08. The summed E-state index contributed by atoms with van der Waals surface area (Å²) in [5.74, 6) is 1.69. The Morgan fingerprint density at radius 1 is 1.31 bits per heavy atom. The molecule has 0 spiro atoms. The first-order valence-electron chi connectivity index (χ1n) is 4.91. The van der Waals surface area contributed by atoms with Crippen LogP contribution in [0.1, 0.15) is 11.3 Å². The lowest BCUT2D eigenvalue weighted by Crippen LogP contribution is -1.86. The molecule has 0 aliphatic carbocycles. The lowest BCUT2D eigenvalue weighted by atomic mass is 10.1. The zero-order valence-corrected chi connectivity index (χ0v) is 10.7. The van der Waals surface area contributed by atoms with E-state index in [1.165, 1.54) is 0 Å². The van der Waals surface area contributed by atoms with E-state index < -0.39 is 0 Å². The highest BCUT2D eigenvalue weighted by atomic mass is 79.9. The van der Waals surface area contributed by atoms with E-state index >= 15 is 0 Å². The predicted molar refractivity (Wildman–Crippen MR) is 65.9 cm³/mol. The van der Waals surface area contributed by atoms with Crippen molar-refractivity contribution >= 4 is 15.9 Å². The van der Waals surface area contributed by atoms with Crippen molar-refractivity contribution < 1.29 is 9.26 Å². The van der Waals surface area contributed by atoms with Crippen LogP contribution < -0.4 is 4.74 Å². The monoisotopic (exact) mass is 281 g/mol. The Morgan fingerprint density at radius 2 is 2.00 bits per heavy atom. The second-order valence-electron chi connectivity index (χ2n) is 3.43. The lowest BCUT2D eigenvalue weighted by Gasteiger charge is -2.01. The van der Waals surface area contributed by atoms with Crippen LogP contribution in [0.3, 0.4) is 0 Å². The Labute approximate surface area is 103 Å². The van der Waals surface area contributed by atoms with E-state index in [9.17, 15) is 0 Å². The van der Waals surface area contributed by atoms with Gasteiger partial charge in [-0.2, -0.15) is 0 Å². The van der Waals surface area contributed by atoms with Gasteiger partial charge in [-0.1, -0.05) is 21.1 Å². The van der Waals surface area contributed by atoms with Crippen LogP contribution in [-0.4, -0.2) is 12.3 Å². The molecule has 4 heteroatoms. The van der Waals surface area contributed by atoms with Crippen molar-refractivity contribution in [2.45, 2.75) is 12.3 Å². The van der Waals surface area contributed by atoms with E-state index in [1.807, 2.05) is 31.2 Å². The maximum absolute atomic E-state index is 5.19. The number of alkyl halides is 1. The molecule has 1 aromatic heterocycles. The summed E-state index contributed by atoms with van der Waals surface area (Å²) in [6, 6.07) is 7.78. The van der Waals surface area contributed by atoms with E-state index in [-0.39, 0.29) is 0 Å². The number of aromatic nitrogens is 1. The van der Waals surface area contributed by atoms with Crippen LogP contribution in [0, 0.1) is 6.92 Å². The second-order valence-corrected chi connectivity index (χ2v) is 3.99. The van der Waals surface area contributed by atoms with Crippen molar-refractivity contribution in [3.8, 4) is 17.0 Å². The Kier molecular flexibility index (Phi) is 3.29. The smallest absolute Gasteiger partial charge is 0.138 e. The summed E-state index contributed by atoms with van der Waals surface area (Å²) in [6.45, 7) is 1.91. The van der Waals surface area contributed by atoms with Crippen molar-refractivity contribution in [2.75, 3.05) is 7.11 Å². The van der Waals surface area contributed by atoms with E-state index in [0.29, 0.717) is 0 Å². The number of halogens is 1. The number of rotatable bonds is 3. The zero-order valence-electron chi connectivity index (χ0n) is 9.16. The van der Waals surface area contributed by atoms with Gasteiger partial charge in [-0.05, 0) is 31.2 Å². The summed E-state index contributed by atoms with van der Waals surface area (Å²) in [5.41, 5.74) is 3.01. The topological polar surface area (TPSA) is 35.3 Å². The van der Waals surface area contributed by atoms with Gasteiger partial charge in [0.05, 0.1) is 7.11 Å². The molecule has 0 aliphatic heterocycles. The maximum Gasteiger partial charge on any atom is 0.138 e. The Bertz CT molecular complexity index is 476. The van der Waals surface area contributed by atoms with Gasteiger partial charge < -0.3 is 9.26 Å². The molecule has 1 aromatic carbocycles. The molecule has 84 valence electrons. The van der Waals surface area contributed by atoms with Crippen molar-refractivity contribution in [1.29, 1.82) is 0 Å². The summed E-state index contributed by atoms with van der Waals surface area (Å²) in [4.78, 5) is 0. The highest BCUT2D eigenvalue weighted by Gasteiger charge is 2.13. The Balaban J connectivity index is 2.42. The largest absolute Gasteiger partial charge is 0.497 e. The minimum Gasteiger partial charge on any atom is -0.497 e. The summed E-state index contributed by atoms with van der Waals surface area (Å²) < 4.78 is 10.3. The summed E-state index contributed by atoms with van der Waals surface area (Å²) >= 11 is 3.44. The fourth-order valence-electron chi connectivity index (χ4n) is 1.52. The first-order valence-corrected chi connectivity index (χ1v) is 6.04. The number of benzene rings is 1. The number of aryl methyl sites for hydroxylation is 1. The van der Waals surface area contributed by atoms with E-state index in [4.69, 9.17) is 9.26 Å². The van der Waals surface area contributed by atoms with E-state index in [0.717, 1.165) is 33.7 Å². The van der Waals surface area contributed by atoms with Crippen LogP contribution in [0.15, 0.2) is 28.8 Å². The van der Waals surface area contributed by atoms with Crippen LogP contribution in [0.2, 0.25) is 0 Å². The molecule has 0 N–H and O–H groups in total. The Morgan fingerprint density at radius 3 is 2.56 bits per heavy atom. The first-order chi connectivity index (χ1) is 7.76. The molecule has 0 unspecified atom stereocenters. The molecule has 0 radical (unpaired) electrons. The predicted octanol–water partition coefficient (Wildman–Crippen LogP) is 3.55. The molecule has 0 fully saturated rings. The number of ether oxygens (including phenoxy) is 1. The van der Waals surface area contributed by atoms with E-state index in [2.05, 4.69) is 21.1 Å². The number of nitrogens with zero attached hydrogens (tertiary/aromatic N) is 1. The van der Waals surface area contributed by atoms with Gasteiger partial charge in [0, 0.05) is 16.5 Å². The average Bonchev–Trinajstić information content (AvgIpc) is 2.70. The molecule has 0 atom stereocenters. The lowest BCUT2D eigenvalue weighted by molar-refractivity contribution is 0.398. The quantitative estimate of drug-likeness (QED) is 0.807. The molecule has 1 heterocycles. The summed E-state index contributed by atoms with van der Waals surface area (Å²) in [6.07, 6.45) is 0. The minimum atomic E-state index is 0.740. The molecule has 0 aliphatic rings. The number of hydrogen-bond acceptors (Lipinski definition) is 3. The maximum atomic E-state index is 5.19. The molecule has 0 bridgehead atoms. The first kappa shape index (κ1) is 11.2. The molecule has 2 aromatic rings. The molecule has 3 nitrogen and oxygen atoms in total. The second kappa shape index (κ2) is 4.70. The van der Waals surface area contributed by atoms with Gasteiger partial charge in [0.15, 0.2) is 0 Å². The Hall–Kier alpha value is -1.29. The summed E-state index contributed by atoms with van der Waals surface area (Å²) in [5, 5.41) is 4.81. The fourth-order valence-corrected chi connectivity index (χ4v) is 2.18. The molecule has 0 saturated carbocycles. The van der Waals surface area contributed by atoms with Gasteiger partial charge in [0.2, 0.25) is 0 Å². The summed E-state index contributed by atoms with van der Waals surface area (Å²) in [7, 11) is 1.65. The molecule has 0 amide bonds. The van der Waals surface area contributed by atoms with Gasteiger partial charge in [-0.25, -0.2) is 0 Å². The van der Waals surface area contributed by atoms with Gasteiger partial charge in [-0.15, -0.1) is 0 Å². The highest BCUT2D eigenvalue weighted by Crippen LogP contribution is 2.28. The van der Waals surface area contributed by atoms with Gasteiger partial charge in [0.1, 0.15) is 17.2 Å². The van der Waals surface area contributed by atoms with Crippen LogP contribution in [0.4, 0.5) is 0 Å². The number of hydrogen-bond donors (Lipinski definition) is 0. The van der Waals surface area contributed by atoms with Crippen molar-refractivity contribution in [3.63, 3.8) is 0 Å². The van der Waals surface area contributed by atoms with Crippen molar-refractivity contribution in [2.24, 2.45) is 0 Å². The van der Waals surface area contributed by atoms with Crippen LogP contribution >= 0.6 is 15.9 Å². The van der Waals surface area contributed by atoms with E-state index in [1.54, 1.807) is 7.11 Å². The fraction of sp³-hybridized carbons (Fsp3) is 0.250. The van der Waals surface area contributed by atoms with Gasteiger partial charge >= 0.3 is 0 Å². The van der Waals surface area contributed by atoms with Gasteiger partial charge in [0.25, 0.3) is 0 Å². The third-order valence-electron chi connectivity index (χ3n) is 2.48. The van der Waals surface area contributed by atoms with Crippen LogP contribution in [0.5, 0.6) is 5.75 Å². The molecule has 0 saturated heterocycles. The molecular weight excluding hydrogens is 270 g/mol. The normalized spacial score (nSPS) is 10.4. The van der Waals surface area contributed by atoms with Crippen molar-refractivity contribution in [3.05, 3.63) is 35.6 Å². The molecule has 16 heavy (non-hydrogen) atoms. The van der Waals surface area contributed by atoms with Crippen LogP contribution in [0.25, 0.3) is 11.3 Å². The van der Waals surface area contributed by atoms with Crippen molar-refractivity contribution in [1.82, 2.24) is 5.16 Å². The SMILES string of the molecule is COc1ccc(-c2noc(C)c2CBr)cc1. The molecular formula is C12H12BrNO2.